The molecule has 2 aromatic heterocycles. The number of aryl methyl sites for hydroxylation is 1. The third kappa shape index (κ3) is 4.82. The van der Waals surface area contributed by atoms with E-state index in [0.717, 1.165) is 46.6 Å². The minimum absolute atomic E-state index is 0.0159. The lowest BCUT2D eigenvalue weighted by Gasteiger charge is -2.14. The molecule has 0 unspecified atom stereocenters. The van der Waals surface area contributed by atoms with E-state index in [1.54, 1.807) is 0 Å². The van der Waals surface area contributed by atoms with Crippen molar-refractivity contribution in [3.05, 3.63) is 50.7 Å². The molecule has 1 aromatic carbocycles. The minimum Gasteiger partial charge on any atom is -0.384 e. The van der Waals surface area contributed by atoms with E-state index in [4.69, 9.17) is 10.7 Å². The van der Waals surface area contributed by atoms with Crippen LogP contribution in [0.5, 0.6) is 0 Å². The zero-order chi connectivity index (χ0) is 23.3. The van der Waals surface area contributed by atoms with Crippen molar-refractivity contribution >= 4 is 34.4 Å². The average molecular weight is 458 g/mol. The molecule has 0 spiro atoms. The van der Waals surface area contributed by atoms with Crippen molar-refractivity contribution in [1.82, 2.24) is 18.7 Å². The number of benzene rings is 1. The molecule has 0 bridgehead atoms. The van der Waals surface area contributed by atoms with E-state index < -0.39 is 17.0 Å². The van der Waals surface area contributed by atoms with Gasteiger partial charge in [-0.05, 0) is 25.0 Å². The lowest BCUT2D eigenvalue weighted by molar-refractivity contribution is 0.102. The van der Waals surface area contributed by atoms with Gasteiger partial charge < -0.3 is 10.3 Å². The van der Waals surface area contributed by atoms with Crippen molar-refractivity contribution in [2.75, 3.05) is 11.5 Å². The number of carbonyl (C=O) groups excluding carboxylic acids is 1. The summed E-state index contributed by atoms with van der Waals surface area (Å²) < 4.78 is 4.39. The van der Waals surface area contributed by atoms with E-state index in [1.807, 2.05) is 31.2 Å². The van der Waals surface area contributed by atoms with Crippen LogP contribution in [0.2, 0.25) is 0 Å². The van der Waals surface area contributed by atoms with Gasteiger partial charge in [0.2, 0.25) is 0 Å². The maximum atomic E-state index is 13.0. The predicted molar refractivity (Wildman–Crippen MR) is 130 cm³/mol. The molecular weight excluding hydrogens is 426 g/mol. The fourth-order valence-corrected chi connectivity index (χ4v) is 4.68. The molecule has 2 N–H and O–H groups in total. The van der Waals surface area contributed by atoms with Crippen LogP contribution in [0.3, 0.4) is 0 Å². The standard InChI is InChI=1S/C23H31N5O3S/c1-4-6-7-10-14-27-17-12-9-8-11-16(17)25-22(27)32-15-18(29)19-20(24)28(13-5-2)23(31)26(3)21(19)30/h8-9,11-12H,4-7,10,13-15,24H2,1-3H3. The predicted octanol–water partition coefficient (Wildman–Crippen LogP) is 3.44. The molecule has 0 fully saturated rings. The van der Waals surface area contributed by atoms with Crippen LogP contribution in [0.15, 0.2) is 39.0 Å². The number of Topliss-reactive ketones (excluding diaryl/α,β-unsaturated/α-hetero) is 1. The Kier molecular flexibility index (Phi) is 7.95. The summed E-state index contributed by atoms with van der Waals surface area (Å²) in [5, 5.41) is 0.744. The van der Waals surface area contributed by atoms with E-state index in [1.165, 1.54) is 29.8 Å². The molecule has 9 heteroatoms. The van der Waals surface area contributed by atoms with Crippen molar-refractivity contribution in [3.8, 4) is 0 Å². The molecule has 0 aliphatic carbocycles. The fourth-order valence-electron chi connectivity index (χ4n) is 3.76. The number of hydrogen-bond acceptors (Lipinski definition) is 6. The summed E-state index contributed by atoms with van der Waals surface area (Å²) in [4.78, 5) is 42.8. The van der Waals surface area contributed by atoms with Crippen molar-refractivity contribution in [2.45, 2.75) is 64.2 Å². The third-order valence-corrected chi connectivity index (χ3v) is 6.47. The second-order valence-corrected chi connectivity index (χ2v) is 8.81. The van der Waals surface area contributed by atoms with Crippen LogP contribution < -0.4 is 17.0 Å². The summed E-state index contributed by atoms with van der Waals surface area (Å²) in [6.45, 7) is 5.25. The molecule has 0 aliphatic heterocycles. The van der Waals surface area contributed by atoms with Crippen molar-refractivity contribution in [3.63, 3.8) is 0 Å². The molecule has 8 nitrogen and oxygen atoms in total. The zero-order valence-corrected chi connectivity index (χ0v) is 19.8. The first-order chi connectivity index (χ1) is 15.4. The molecular formula is C23H31N5O3S. The van der Waals surface area contributed by atoms with Gasteiger partial charge >= 0.3 is 5.69 Å². The molecule has 3 rings (SSSR count). The van der Waals surface area contributed by atoms with Crippen LogP contribution >= 0.6 is 11.8 Å². The Morgan fingerprint density at radius 3 is 2.50 bits per heavy atom. The Balaban J connectivity index is 1.88. The molecule has 0 amide bonds. The molecule has 0 atom stereocenters. The molecule has 0 saturated carbocycles. The molecule has 3 aromatic rings. The molecule has 32 heavy (non-hydrogen) atoms. The van der Waals surface area contributed by atoms with Gasteiger partial charge in [-0.15, -0.1) is 0 Å². The number of anilines is 1. The van der Waals surface area contributed by atoms with E-state index >= 15 is 0 Å². The van der Waals surface area contributed by atoms with Gasteiger partial charge in [0.15, 0.2) is 10.9 Å². The number of nitrogen functional groups attached to an aromatic ring is 1. The van der Waals surface area contributed by atoms with Gasteiger partial charge in [-0.25, -0.2) is 9.78 Å². The number of nitrogens with zero attached hydrogens (tertiary/aromatic N) is 4. The minimum atomic E-state index is -0.654. The zero-order valence-electron chi connectivity index (χ0n) is 19.0. The number of rotatable bonds is 11. The van der Waals surface area contributed by atoms with Crippen LogP contribution in [0.25, 0.3) is 11.0 Å². The summed E-state index contributed by atoms with van der Waals surface area (Å²) in [5.41, 5.74) is 6.72. The van der Waals surface area contributed by atoms with Crippen molar-refractivity contribution < 1.29 is 4.79 Å². The largest absolute Gasteiger partial charge is 0.384 e. The first-order valence-electron chi connectivity index (χ1n) is 11.1. The lowest BCUT2D eigenvalue weighted by atomic mass is 10.2. The number of thioether (sulfide) groups is 1. The van der Waals surface area contributed by atoms with Crippen LogP contribution in [0.4, 0.5) is 5.82 Å². The maximum Gasteiger partial charge on any atom is 0.332 e. The molecule has 0 aliphatic rings. The third-order valence-electron chi connectivity index (χ3n) is 5.50. The summed E-state index contributed by atoms with van der Waals surface area (Å²) in [7, 11) is 1.37. The summed E-state index contributed by atoms with van der Waals surface area (Å²) in [6.07, 6.45) is 5.18. The highest BCUT2D eigenvalue weighted by molar-refractivity contribution is 7.99. The Hall–Kier alpha value is -2.81. The number of imidazole rings is 1. The van der Waals surface area contributed by atoms with Crippen LogP contribution in [-0.4, -0.2) is 30.2 Å². The van der Waals surface area contributed by atoms with E-state index in [0.29, 0.717) is 13.0 Å². The quantitative estimate of drug-likeness (QED) is 0.269. The fraction of sp³-hybridized carbons (Fsp3) is 0.478. The Morgan fingerprint density at radius 1 is 1.03 bits per heavy atom. The molecule has 172 valence electrons. The van der Waals surface area contributed by atoms with Crippen molar-refractivity contribution in [2.24, 2.45) is 7.05 Å². The lowest BCUT2D eigenvalue weighted by Crippen LogP contribution is -2.42. The maximum absolute atomic E-state index is 13.0. The number of ketones is 1. The summed E-state index contributed by atoms with van der Waals surface area (Å²) in [6, 6.07) is 7.91. The molecule has 0 saturated heterocycles. The number of aromatic nitrogens is 4. The van der Waals surface area contributed by atoms with E-state index in [2.05, 4.69) is 11.5 Å². The average Bonchev–Trinajstić information content (AvgIpc) is 3.14. The highest BCUT2D eigenvalue weighted by atomic mass is 32.2. The normalized spacial score (nSPS) is 11.3. The van der Waals surface area contributed by atoms with Gasteiger partial charge in [0.05, 0.1) is 16.8 Å². The topological polar surface area (TPSA) is 105 Å². The van der Waals surface area contributed by atoms with Gasteiger partial charge in [-0.1, -0.05) is 57.0 Å². The van der Waals surface area contributed by atoms with Crippen molar-refractivity contribution in [1.29, 1.82) is 0 Å². The van der Waals surface area contributed by atoms with Crippen LogP contribution in [0.1, 0.15) is 56.3 Å². The highest BCUT2D eigenvalue weighted by Crippen LogP contribution is 2.26. The van der Waals surface area contributed by atoms with E-state index in [-0.39, 0.29) is 17.1 Å². The van der Waals surface area contributed by atoms with Gasteiger partial charge in [0, 0.05) is 20.1 Å². The molecule has 2 heterocycles. The summed E-state index contributed by atoms with van der Waals surface area (Å²) >= 11 is 1.30. The number of para-hydroxylation sites is 2. The Morgan fingerprint density at radius 2 is 1.78 bits per heavy atom. The summed E-state index contributed by atoms with van der Waals surface area (Å²) in [5.74, 6) is -0.441. The van der Waals surface area contributed by atoms with E-state index in [9.17, 15) is 14.4 Å². The SMILES string of the molecule is CCCCCCn1c(SCC(=O)c2c(N)n(CCC)c(=O)n(C)c2=O)nc2ccccc21. The first-order valence-corrected chi connectivity index (χ1v) is 12.1. The monoisotopic (exact) mass is 457 g/mol. The van der Waals surface area contributed by atoms with Gasteiger partial charge in [-0.3, -0.25) is 18.7 Å². The second kappa shape index (κ2) is 10.7. The number of unbranched alkanes of at least 4 members (excludes halogenated alkanes) is 3. The first kappa shape index (κ1) is 23.8. The van der Waals surface area contributed by atoms with Crippen LogP contribution in [0, 0.1) is 0 Å². The number of nitrogens with two attached hydrogens (primary N) is 1. The van der Waals surface area contributed by atoms with Gasteiger partial charge in [0.25, 0.3) is 5.56 Å². The number of carbonyl (C=O) groups is 1. The van der Waals surface area contributed by atoms with Gasteiger partial charge in [0.1, 0.15) is 11.4 Å². The van der Waals surface area contributed by atoms with Crippen LogP contribution in [-0.2, 0) is 20.1 Å². The van der Waals surface area contributed by atoms with Gasteiger partial charge in [-0.2, -0.15) is 0 Å². The molecule has 0 radical (unpaired) electrons. The second-order valence-electron chi connectivity index (χ2n) is 7.87. The Bertz CT molecular complexity index is 1220. The smallest absolute Gasteiger partial charge is 0.332 e. The Labute approximate surface area is 191 Å². The number of hydrogen-bond donors (Lipinski definition) is 1. The number of fused-ring (bicyclic) bond motifs is 1. The highest BCUT2D eigenvalue weighted by Gasteiger charge is 2.22.